The smallest absolute Gasteiger partial charge is 0.136 e. The second-order valence-corrected chi connectivity index (χ2v) is 6.58. The van der Waals surface area contributed by atoms with E-state index < -0.39 is 0 Å². The van der Waals surface area contributed by atoms with Crippen LogP contribution in [0.4, 0.5) is 0 Å². The van der Waals surface area contributed by atoms with Crippen molar-refractivity contribution in [2.45, 2.75) is 32.4 Å². The van der Waals surface area contributed by atoms with E-state index >= 15 is 0 Å². The van der Waals surface area contributed by atoms with E-state index in [9.17, 15) is 0 Å². The summed E-state index contributed by atoms with van der Waals surface area (Å²) < 4.78 is 6.72. The molecule has 0 N–H and O–H groups in total. The zero-order chi connectivity index (χ0) is 12.5. The van der Waals surface area contributed by atoms with Gasteiger partial charge in [-0.25, -0.2) is 9.38 Å². The lowest BCUT2D eigenvalue weighted by atomic mass is 10.2. The normalized spacial score (nSPS) is 13.3. The van der Waals surface area contributed by atoms with Gasteiger partial charge in [0, 0.05) is 28.9 Å². The second kappa shape index (κ2) is 4.53. The predicted octanol–water partition coefficient (Wildman–Crippen LogP) is 3.59. The van der Waals surface area contributed by atoms with Gasteiger partial charge in [-0.15, -0.1) is 0 Å². The first-order valence-corrected chi connectivity index (χ1v) is 6.39. The zero-order valence-corrected chi connectivity index (χ0v) is 11.5. The van der Waals surface area contributed by atoms with Crippen LogP contribution >= 0.6 is 11.9 Å². The van der Waals surface area contributed by atoms with Crippen molar-refractivity contribution < 1.29 is 0 Å². The summed E-state index contributed by atoms with van der Waals surface area (Å²) in [6.07, 6.45) is 5.81. The molecule has 0 saturated heterocycles. The maximum Gasteiger partial charge on any atom is 0.136 e. The van der Waals surface area contributed by atoms with Gasteiger partial charge < -0.3 is 4.40 Å². The van der Waals surface area contributed by atoms with Crippen molar-refractivity contribution in [1.82, 2.24) is 9.38 Å². The fraction of sp³-hybridized carbons (Fsp3) is 0.385. The van der Waals surface area contributed by atoms with Gasteiger partial charge in [0.1, 0.15) is 5.65 Å². The van der Waals surface area contributed by atoms with E-state index in [0.717, 1.165) is 16.9 Å². The largest absolute Gasteiger partial charge is 0.306 e. The molecule has 0 amide bonds. The number of rotatable bonds is 2. The Balaban J connectivity index is 2.26. The first kappa shape index (κ1) is 12.2. The molecule has 0 aliphatic carbocycles. The summed E-state index contributed by atoms with van der Waals surface area (Å²) in [5.74, 6) is 0. The average Bonchev–Trinajstić information content (AvgIpc) is 2.71. The van der Waals surface area contributed by atoms with Crippen LogP contribution in [-0.4, -0.2) is 19.8 Å². The molecule has 2 aromatic rings. The third-order valence-electron chi connectivity index (χ3n) is 2.26. The molecule has 0 atom stereocenters. The van der Waals surface area contributed by atoms with Crippen molar-refractivity contribution in [2.75, 3.05) is 0 Å². The SMILES string of the molecule is CC(=NSC(C)(C)C)c1ccc2nccn2c1. The Morgan fingerprint density at radius 1 is 1.35 bits per heavy atom. The molecule has 2 heterocycles. The highest BCUT2D eigenvalue weighted by Crippen LogP contribution is 2.25. The summed E-state index contributed by atoms with van der Waals surface area (Å²) in [7, 11) is 0. The van der Waals surface area contributed by atoms with Crippen LogP contribution in [-0.2, 0) is 0 Å². The van der Waals surface area contributed by atoms with E-state index in [2.05, 4.69) is 42.4 Å². The van der Waals surface area contributed by atoms with Gasteiger partial charge in [-0.3, -0.25) is 0 Å². The number of fused-ring (bicyclic) bond motifs is 1. The second-order valence-electron chi connectivity index (χ2n) is 4.99. The zero-order valence-electron chi connectivity index (χ0n) is 10.6. The van der Waals surface area contributed by atoms with E-state index in [1.54, 1.807) is 18.1 Å². The van der Waals surface area contributed by atoms with Crippen molar-refractivity contribution in [3.63, 3.8) is 0 Å². The minimum atomic E-state index is 0.153. The Hall–Kier alpha value is -1.29. The quantitative estimate of drug-likeness (QED) is 0.599. The molecule has 3 nitrogen and oxygen atoms in total. The molecule has 0 fully saturated rings. The molecule has 0 aliphatic rings. The fourth-order valence-corrected chi connectivity index (χ4v) is 1.91. The van der Waals surface area contributed by atoms with E-state index in [1.807, 2.05) is 23.6 Å². The highest BCUT2D eigenvalue weighted by molar-refractivity contribution is 7.99. The van der Waals surface area contributed by atoms with Gasteiger partial charge in [0.2, 0.25) is 0 Å². The summed E-state index contributed by atoms with van der Waals surface area (Å²) >= 11 is 1.61. The highest BCUT2D eigenvalue weighted by atomic mass is 32.2. The van der Waals surface area contributed by atoms with E-state index in [4.69, 9.17) is 0 Å². The van der Waals surface area contributed by atoms with Gasteiger partial charge in [0.25, 0.3) is 0 Å². The van der Waals surface area contributed by atoms with Gasteiger partial charge >= 0.3 is 0 Å². The summed E-state index contributed by atoms with van der Waals surface area (Å²) in [6, 6.07) is 4.07. The van der Waals surface area contributed by atoms with E-state index in [0.29, 0.717) is 0 Å². The average molecular weight is 247 g/mol. The predicted molar refractivity (Wildman–Crippen MR) is 74.7 cm³/mol. The Morgan fingerprint density at radius 2 is 2.12 bits per heavy atom. The molecule has 2 aromatic heterocycles. The lowest BCUT2D eigenvalue weighted by molar-refractivity contribution is 0.804. The number of aromatic nitrogens is 2. The van der Waals surface area contributed by atoms with Gasteiger partial charge in [0.15, 0.2) is 0 Å². The van der Waals surface area contributed by atoms with Crippen LogP contribution in [0.5, 0.6) is 0 Å². The lowest BCUT2D eigenvalue weighted by Crippen LogP contribution is -2.06. The lowest BCUT2D eigenvalue weighted by Gasteiger charge is -2.13. The van der Waals surface area contributed by atoms with E-state index in [-0.39, 0.29) is 4.75 Å². The molecule has 0 bridgehead atoms. The van der Waals surface area contributed by atoms with Gasteiger partial charge in [-0.05, 0) is 51.8 Å². The van der Waals surface area contributed by atoms with Gasteiger partial charge in [0.05, 0.1) is 5.71 Å². The minimum Gasteiger partial charge on any atom is -0.306 e. The number of pyridine rings is 1. The summed E-state index contributed by atoms with van der Waals surface area (Å²) in [5.41, 5.74) is 3.14. The Kier molecular flexibility index (Phi) is 3.24. The van der Waals surface area contributed by atoms with Crippen LogP contribution < -0.4 is 0 Å². The molecule has 17 heavy (non-hydrogen) atoms. The van der Waals surface area contributed by atoms with Gasteiger partial charge in [-0.1, -0.05) is 0 Å². The fourth-order valence-electron chi connectivity index (χ4n) is 1.39. The standard InChI is InChI=1S/C13H17N3S/c1-10(15-17-13(2,3)4)11-5-6-12-14-7-8-16(12)9-11/h5-9H,1-4H3. The third-order valence-corrected chi connectivity index (χ3v) is 3.18. The first-order valence-electron chi connectivity index (χ1n) is 5.61. The summed E-state index contributed by atoms with van der Waals surface area (Å²) in [6.45, 7) is 8.52. The molecular weight excluding hydrogens is 230 g/mol. The Morgan fingerprint density at radius 3 is 2.82 bits per heavy atom. The van der Waals surface area contributed by atoms with Crippen LogP contribution in [0.25, 0.3) is 5.65 Å². The topological polar surface area (TPSA) is 29.7 Å². The van der Waals surface area contributed by atoms with Crippen molar-refractivity contribution >= 4 is 23.3 Å². The molecule has 90 valence electrons. The third kappa shape index (κ3) is 3.09. The molecule has 0 spiro atoms. The van der Waals surface area contributed by atoms with Crippen molar-refractivity contribution in [3.8, 4) is 0 Å². The van der Waals surface area contributed by atoms with Gasteiger partial charge in [-0.2, -0.15) is 0 Å². The molecule has 4 heteroatoms. The summed E-state index contributed by atoms with van der Waals surface area (Å²) in [4.78, 5) is 4.22. The maximum absolute atomic E-state index is 4.56. The first-order chi connectivity index (χ1) is 7.96. The number of nitrogens with zero attached hydrogens (tertiary/aromatic N) is 3. The van der Waals surface area contributed by atoms with Crippen LogP contribution in [0.1, 0.15) is 33.3 Å². The molecule has 2 rings (SSSR count). The molecule has 0 saturated carbocycles. The summed E-state index contributed by atoms with van der Waals surface area (Å²) in [5, 5.41) is 0. The molecular formula is C13H17N3S. The van der Waals surface area contributed by atoms with Crippen molar-refractivity contribution in [1.29, 1.82) is 0 Å². The molecule has 0 radical (unpaired) electrons. The van der Waals surface area contributed by atoms with Crippen molar-refractivity contribution in [2.24, 2.45) is 4.40 Å². The monoisotopic (exact) mass is 247 g/mol. The van der Waals surface area contributed by atoms with Crippen LogP contribution in [0.2, 0.25) is 0 Å². The minimum absolute atomic E-state index is 0.153. The number of hydrogen-bond acceptors (Lipinski definition) is 3. The van der Waals surface area contributed by atoms with Crippen LogP contribution in [0, 0.1) is 0 Å². The number of hydrogen-bond donors (Lipinski definition) is 0. The maximum atomic E-state index is 4.56. The van der Waals surface area contributed by atoms with Crippen LogP contribution in [0.3, 0.4) is 0 Å². The highest BCUT2D eigenvalue weighted by Gasteiger charge is 2.10. The van der Waals surface area contributed by atoms with Crippen LogP contribution in [0.15, 0.2) is 35.1 Å². The number of imidazole rings is 1. The molecule has 0 unspecified atom stereocenters. The Bertz CT molecular complexity index is 549. The molecule has 0 aliphatic heterocycles. The Labute approximate surface area is 106 Å². The van der Waals surface area contributed by atoms with E-state index in [1.165, 1.54) is 0 Å². The van der Waals surface area contributed by atoms with Crippen molar-refractivity contribution in [3.05, 3.63) is 36.3 Å². The molecule has 0 aromatic carbocycles.